The number of hydrogen-bond acceptors (Lipinski definition) is 5. The molecular weight excluding hydrogens is 260 g/mol. The molecule has 20 heavy (non-hydrogen) atoms. The summed E-state index contributed by atoms with van der Waals surface area (Å²) in [5.41, 5.74) is -0.400. The van der Waals surface area contributed by atoms with E-state index in [2.05, 4.69) is 26.3 Å². The fourth-order valence-electron chi connectivity index (χ4n) is 1.83. The maximum Gasteiger partial charge on any atom is 0.273 e. The lowest BCUT2D eigenvalue weighted by Gasteiger charge is -2.26. The van der Waals surface area contributed by atoms with E-state index in [1.165, 1.54) is 0 Å². The molecule has 2 amide bonds. The molecule has 110 valence electrons. The molecule has 1 aromatic rings. The maximum absolute atomic E-state index is 12.0. The Hall–Kier alpha value is -1.96. The Kier molecular flexibility index (Phi) is 4.03. The first kappa shape index (κ1) is 14.4. The van der Waals surface area contributed by atoms with E-state index < -0.39 is 5.41 Å². The van der Waals surface area contributed by atoms with Crippen LogP contribution >= 0.6 is 0 Å². The molecule has 3 N–H and O–H groups in total. The van der Waals surface area contributed by atoms with Crippen molar-refractivity contribution >= 4 is 11.8 Å². The highest BCUT2D eigenvalue weighted by atomic mass is 16.2. The van der Waals surface area contributed by atoms with Crippen LogP contribution in [0.2, 0.25) is 0 Å². The fourth-order valence-corrected chi connectivity index (χ4v) is 1.83. The van der Waals surface area contributed by atoms with Crippen LogP contribution in [0.4, 0.5) is 0 Å². The van der Waals surface area contributed by atoms with Crippen molar-refractivity contribution in [3.05, 3.63) is 11.9 Å². The summed E-state index contributed by atoms with van der Waals surface area (Å²) in [5, 5.41) is 16.2. The molecule has 8 heteroatoms. The predicted molar refractivity (Wildman–Crippen MR) is 72.1 cm³/mol. The maximum atomic E-state index is 12.0. The summed E-state index contributed by atoms with van der Waals surface area (Å²) in [6.45, 7) is 5.46. The van der Waals surface area contributed by atoms with Crippen molar-refractivity contribution in [1.29, 1.82) is 0 Å². The van der Waals surface area contributed by atoms with Gasteiger partial charge < -0.3 is 16.0 Å². The number of nitrogens with one attached hydrogen (secondary N) is 3. The minimum atomic E-state index is -0.668. The van der Waals surface area contributed by atoms with Gasteiger partial charge in [-0.3, -0.25) is 9.59 Å². The molecule has 0 unspecified atom stereocenters. The zero-order valence-corrected chi connectivity index (χ0v) is 11.9. The molecule has 0 aromatic carbocycles. The van der Waals surface area contributed by atoms with Gasteiger partial charge in [-0.25, -0.2) is 4.68 Å². The van der Waals surface area contributed by atoms with Crippen LogP contribution in [-0.4, -0.2) is 53.5 Å². The number of aromatic nitrogens is 3. The van der Waals surface area contributed by atoms with Gasteiger partial charge in [0.15, 0.2) is 5.69 Å². The smallest absolute Gasteiger partial charge is 0.273 e. The van der Waals surface area contributed by atoms with E-state index in [1.807, 2.05) is 0 Å². The van der Waals surface area contributed by atoms with E-state index in [1.54, 1.807) is 31.8 Å². The van der Waals surface area contributed by atoms with Crippen LogP contribution < -0.4 is 16.0 Å². The molecule has 0 atom stereocenters. The van der Waals surface area contributed by atoms with E-state index in [-0.39, 0.29) is 30.1 Å². The lowest BCUT2D eigenvalue weighted by Crippen LogP contribution is -2.44. The van der Waals surface area contributed by atoms with Crippen LogP contribution in [-0.2, 0) is 4.79 Å². The van der Waals surface area contributed by atoms with Gasteiger partial charge in [0.25, 0.3) is 5.91 Å². The summed E-state index contributed by atoms with van der Waals surface area (Å²) in [6, 6.07) is 0.270. The molecule has 1 aromatic heterocycles. The molecule has 8 nitrogen and oxygen atoms in total. The minimum absolute atomic E-state index is 0.123. The van der Waals surface area contributed by atoms with Gasteiger partial charge in [-0.15, -0.1) is 5.10 Å². The Labute approximate surface area is 117 Å². The number of rotatable bonds is 5. The van der Waals surface area contributed by atoms with Gasteiger partial charge in [0, 0.05) is 26.7 Å². The number of nitrogens with zero attached hydrogens (tertiary/aromatic N) is 3. The number of carbonyl (C=O) groups excluding carboxylic acids is 2. The molecule has 0 aliphatic carbocycles. The van der Waals surface area contributed by atoms with Gasteiger partial charge in [-0.05, 0) is 13.8 Å². The van der Waals surface area contributed by atoms with Crippen LogP contribution in [0.15, 0.2) is 6.20 Å². The number of amides is 2. The Morgan fingerprint density at radius 3 is 2.75 bits per heavy atom. The van der Waals surface area contributed by atoms with Gasteiger partial charge >= 0.3 is 0 Å². The van der Waals surface area contributed by atoms with Crippen molar-refractivity contribution in [2.45, 2.75) is 19.9 Å². The highest BCUT2D eigenvalue weighted by molar-refractivity contribution is 5.92. The summed E-state index contributed by atoms with van der Waals surface area (Å²) in [6.07, 6.45) is 1.63. The third-order valence-electron chi connectivity index (χ3n) is 3.41. The predicted octanol–water partition coefficient (Wildman–Crippen LogP) is -1.08. The Bertz CT molecular complexity index is 506. The zero-order valence-electron chi connectivity index (χ0n) is 11.9. The van der Waals surface area contributed by atoms with Gasteiger partial charge in [0.1, 0.15) is 0 Å². The van der Waals surface area contributed by atoms with Crippen molar-refractivity contribution < 1.29 is 9.59 Å². The van der Waals surface area contributed by atoms with E-state index >= 15 is 0 Å². The Balaban J connectivity index is 1.91. The second kappa shape index (κ2) is 5.58. The molecular formula is C12H20N6O2. The van der Waals surface area contributed by atoms with Crippen molar-refractivity contribution in [3.63, 3.8) is 0 Å². The first-order valence-corrected chi connectivity index (χ1v) is 6.57. The van der Waals surface area contributed by atoms with Gasteiger partial charge in [0.2, 0.25) is 5.91 Å². The normalized spacial score (nSPS) is 15.6. The first-order chi connectivity index (χ1) is 9.44. The topological polar surface area (TPSA) is 101 Å². The van der Waals surface area contributed by atoms with E-state index in [0.717, 1.165) is 13.1 Å². The molecule has 2 heterocycles. The lowest BCUT2D eigenvalue weighted by molar-refractivity contribution is -0.128. The highest BCUT2D eigenvalue weighted by Crippen LogP contribution is 2.14. The summed E-state index contributed by atoms with van der Waals surface area (Å²) in [4.78, 5) is 23.6. The van der Waals surface area contributed by atoms with Crippen LogP contribution in [0.3, 0.4) is 0 Å². The first-order valence-electron chi connectivity index (χ1n) is 6.57. The van der Waals surface area contributed by atoms with E-state index in [4.69, 9.17) is 0 Å². The Morgan fingerprint density at radius 2 is 2.20 bits per heavy atom. The number of hydrogen-bond donors (Lipinski definition) is 3. The van der Waals surface area contributed by atoms with Crippen molar-refractivity contribution in [3.8, 4) is 0 Å². The lowest BCUT2D eigenvalue weighted by atomic mass is 9.92. The number of carbonyl (C=O) groups is 2. The molecule has 1 aliphatic heterocycles. The SMILES string of the molecule is CNC(=O)C(C)(C)CNC(=O)c1cn(C2CNC2)nn1. The van der Waals surface area contributed by atoms with E-state index in [9.17, 15) is 9.59 Å². The second-order valence-electron chi connectivity index (χ2n) is 5.54. The molecule has 0 bridgehead atoms. The van der Waals surface area contributed by atoms with Crippen LogP contribution in [0.5, 0.6) is 0 Å². The third-order valence-corrected chi connectivity index (χ3v) is 3.41. The third kappa shape index (κ3) is 2.96. The molecule has 0 spiro atoms. The summed E-state index contributed by atoms with van der Waals surface area (Å²) < 4.78 is 1.69. The van der Waals surface area contributed by atoms with Gasteiger partial charge in [-0.1, -0.05) is 5.21 Å². The molecule has 0 saturated carbocycles. The van der Waals surface area contributed by atoms with Crippen LogP contribution in [0, 0.1) is 5.41 Å². The molecule has 1 fully saturated rings. The van der Waals surface area contributed by atoms with Crippen molar-refractivity contribution in [2.24, 2.45) is 5.41 Å². The highest BCUT2D eigenvalue weighted by Gasteiger charge is 2.28. The van der Waals surface area contributed by atoms with E-state index in [0.29, 0.717) is 0 Å². The molecule has 2 rings (SSSR count). The van der Waals surface area contributed by atoms with Crippen molar-refractivity contribution in [1.82, 2.24) is 30.9 Å². The largest absolute Gasteiger partial charge is 0.359 e. The molecule has 1 saturated heterocycles. The average Bonchev–Trinajstić information content (AvgIpc) is 2.82. The van der Waals surface area contributed by atoms with Crippen LogP contribution in [0.1, 0.15) is 30.4 Å². The monoisotopic (exact) mass is 280 g/mol. The fraction of sp³-hybridized carbons (Fsp3) is 0.667. The standard InChI is InChI=1S/C12H20N6O2/c1-12(2,11(20)13-3)7-15-10(19)9-6-18(17-16-9)8-4-14-5-8/h6,8,14H,4-5,7H2,1-3H3,(H,13,20)(H,15,19). The van der Waals surface area contributed by atoms with Crippen LogP contribution in [0.25, 0.3) is 0 Å². The summed E-state index contributed by atoms with van der Waals surface area (Å²) in [7, 11) is 1.57. The zero-order chi connectivity index (χ0) is 14.8. The molecule has 1 aliphatic rings. The average molecular weight is 280 g/mol. The minimum Gasteiger partial charge on any atom is -0.359 e. The second-order valence-corrected chi connectivity index (χ2v) is 5.54. The van der Waals surface area contributed by atoms with Crippen molar-refractivity contribution in [2.75, 3.05) is 26.7 Å². The van der Waals surface area contributed by atoms with Gasteiger partial charge in [0.05, 0.1) is 17.7 Å². The van der Waals surface area contributed by atoms with Gasteiger partial charge in [-0.2, -0.15) is 0 Å². The summed E-state index contributed by atoms with van der Waals surface area (Å²) >= 11 is 0. The quantitative estimate of drug-likeness (QED) is 0.637. The Morgan fingerprint density at radius 1 is 1.50 bits per heavy atom. The summed E-state index contributed by atoms with van der Waals surface area (Å²) in [5.74, 6) is -0.442. The molecule has 0 radical (unpaired) electrons.